The predicted octanol–water partition coefficient (Wildman–Crippen LogP) is 5.25. The number of fused-ring (bicyclic) bond motifs is 1. The van der Waals surface area contributed by atoms with E-state index in [1.54, 1.807) is 4.90 Å². The van der Waals surface area contributed by atoms with E-state index in [-0.39, 0.29) is 17.7 Å². The van der Waals surface area contributed by atoms with Crippen LogP contribution >= 0.6 is 0 Å². The lowest BCUT2D eigenvalue weighted by molar-refractivity contribution is -0.150. The van der Waals surface area contributed by atoms with Crippen LogP contribution in [0.4, 0.5) is 0 Å². The van der Waals surface area contributed by atoms with Crippen LogP contribution in [0.5, 0.6) is 0 Å². The highest BCUT2D eigenvalue weighted by molar-refractivity contribution is 5.97. The first-order valence-electron chi connectivity index (χ1n) is 14.0. The van der Waals surface area contributed by atoms with Gasteiger partial charge >= 0.3 is 0 Å². The predicted molar refractivity (Wildman–Crippen MR) is 158 cm³/mol. The lowest BCUT2D eigenvalue weighted by atomic mass is 9.95. The Morgan fingerprint density at radius 1 is 0.800 bits per heavy atom. The maximum Gasteiger partial charge on any atom is 0.246 e. The van der Waals surface area contributed by atoms with E-state index in [0.29, 0.717) is 25.9 Å². The monoisotopic (exact) mass is 533 g/mol. The van der Waals surface area contributed by atoms with Gasteiger partial charge in [0.05, 0.1) is 0 Å². The van der Waals surface area contributed by atoms with Crippen LogP contribution in [0, 0.1) is 0 Å². The molecule has 40 heavy (non-hydrogen) atoms. The summed E-state index contributed by atoms with van der Waals surface area (Å²) in [6.45, 7) is 2.42. The molecule has 4 aromatic rings. The van der Waals surface area contributed by atoms with E-state index in [1.807, 2.05) is 48.5 Å². The average Bonchev–Trinajstić information content (AvgIpc) is 2.97. The van der Waals surface area contributed by atoms with Crippen molar-refractivity contribution < 1.29 is 14.4 Å². The van der Waals surface area contributed by atoms with E-state index in [1.165, 1.54) is 6.92 Å². The standard InChI is InChI=1S/C34H35N3O3/c1-24(38)35-20-8-7-13-32-33(39)36-31(22-26-16-19-28-11-5-6-12-30(28)21-26)34(40)37(32)23-25-14-17-29(18-15-25)27-9-3-2-4-10-27/h2-6,9-12,14-19,21,31-32H,7-8,13,20,22-23H2,1H3,(H,35,38)(H,36,39). The molecule has 6 heteroatoms. The Hall–Kier alpha value is -4.45. The van der Waals surface area contributed by atoms with Gasteiger partial charge in [-0.15, -0.1) is 0 Å². The van der Waals surface area contributed by atoms with E-state index < -0.39 is 12.1 Å². The average molecular weight is 534 g/mol. The van der Waals surface area contributed by atoms with Gasteiger partial charge in [0.25, 0.3) is 0 Å². The Kier molecular flexibility index (Phi) is 8.55. The number of piperazine rings is 1. The van der Waals surface area contributed by atoms with Gasteiger partial charge in [-0.05, 0) is 52.3 Å². The second-order valence-corrected chi connectivity index (χ2v) is 10.5. The van der Waals surface area contributed by atoms with Gasteiger partial charge < -0.3 is 15.5 Å². The largest absolute Gasteiger partial charge is 0.356 e. The minimum absolute atomic E-state index is 0.0632. The molecule has 5 rings (SSSR count). The zero-order valence-electron chi connectivity index (χ0n) is 22.8. The van der Waals surface area contributed by atoms with Crippen molar-refractivity contribution in [2.75, 3.05) is 6.54 Å². The molecule has 1 aliphatic rings. The molecule has 2 N–H and O–H groups in total. The number of amides is 3. The number of nitrogens with zero attached hydrogens (tertiary/aromatic N) is 1. The van der Waals surface area contributed by atoms with E-state index in [0.717, 1.165) is 45.9 Å². The van der Waals surface area contributed by atoms with Gasteiger partial charge in [0, 0.05) is 26.4 Å². The number of benzene rings is 4. The molecular weight excluding hydrogens is 498 g/mol. The maximum atomic E-state index is 13.9. The van der Waals surface area contributed by atoms with Crippen molar-refractivity contribution in [2.24, 2.45) is 0 Å². The van der Waals surface area contributed by atoms with Gasteiger partial charge in [0.2, 0.25) is 17.7 Å². The van der Waals surface area contributed by atoms with Crippen molar-refractivity contribution in [1.29, 1.82) is 0 Å². The zero-order chi connectivity index (χ0) is 27.9. The fraction of sp³-hybridized carbons (Fsp3) is 0.265. The van der Waals surface area contributed by atoms with Crippen LogP contribution in [0.3, 0.4) is 0 Å². The molecule has 0 radical (unpaired) electrons. The summed E-state index contributed by atoms with van der Waals surface area (Å²) in [6, 6.07) is 31.5. The Morgan fingerprint density at radius 3 is 2.23 bits per heavy atom. The first-order valence-corrected chi connectivity index (χ1v) is 14.0. The molecule has 2 atom stereocenters. The summed E-state index contributed by atoms with van der Waals surface area (Å²) in [5.41, 5.74) is 4.24. The van der Waals surface area contributed by atoms with Crippen LogP contribution in [0.25, 0.3) is 21.9 Å². The fourth-order valence-electron chi connectivity index (χ4n) is 5.40. The van der Waals surface area contributed by atoms with Gasteiger partial charge in [-0.3, -0.25) is 14.4 Å². The number of rotatable bonds is 10. The smallest absolute Gasteiger partial charge is 0.246 e. The highest BCUT2D eigenvalue weighted by atomic mass is 16.2. The van der Waals surface area contributed by atoms with Crippen molar-refractivity contribution in [3.8, 4) is 11.1 Å². The second kappa shape index (κ2) is 12.6. The van der Waals surface area contributed by atoms with Crippen LogP contribution in [-0.4, -0.2) is 41.2 Å². The van der Waals surface area contributed by atoms with E-state index in [4.69, 9.17) is 0 Å². The summed E-state index contributed by atoms with van der Waals surface area (Å²) >= 11 is 0. The first-order chi connectivity index (χ1) is 19.5. The van der Waals surface area contributed by atoms with Crippen molar-refractivity contribution >= 4 is 28.5 Å². The summed E-state index contributed by atoms with van der Waals surface area (Å²) in [7, 11) is 0. The molecule has 1 saturated heterocycles. The minimum atomic E-state index is -0.618. The molecule has 204 valence electrons. The number of hydrogen-bond acceptors (Lipinski definition) is 3. The SMILES string of the molecule is CC(=O)NCCCCC1C(=O)NC(Cc2ccc3ccccc3c2)C(=O)N1Cc1ccc(-c2ccccc2)cc1. The first kappa shape index (κ1) is 27.1. The van der Waals surface area contributed by atoms with Crippen LogP contribution in [0.2, 0.25) is 0 Å². The van der Waals surface area contributed by atoms with Crippen LogP contribution in [0.1, 0.15) is 37.3 Å². The zero-order valence-corrected chi connectivity index (χ0v) is 22.8. The van der Waals surface area contributed by atoms with Crippen LogP contribution in [0.15, 0.2) is 97.1 Å². The normalized spacial score (nSPS) is 17.1. The van der Waals surface area contributed by atoms with Gasteiger partial charge in [-0.2, -0.15) is 0 Å². The van der Waals surface area contributed by atoms with Gasteiger partial charge in [-0.25, -0.2) is 0 Å². The number of carbonyl (C=O) groups is 3. The Bertz CT molecular complexity index is 1480. The summed E-state index contributed by atoms with van der Waals surface area (Å²) in [5, 5.41) is 8.08. The Balaban J connectivity index is 1.34. The van der Waals surface area contributed by atoms with Crippen molar-refractivity contribution in [3.05, 3.63) is 108 Å². The molecule has 6 nitrogen and oxygen atoms in total. The number of hydrogen-bond donors (Lipinski definition) is 2. The molecule has 0 aromatic heterocycles. The molecule has 0 bridgehead atoms. The molecule has 0 spiro atoms. The third-order valence-electron chi connectivity index (χ3n) is 7.52. The molecule has 3 amide bonds. The van der Waals surface area contributed by atoms with E-state index in [2.05, 4.69) is 59.2 Å². The summed E-state index contributed by atoms with van der Waals surface area (Å²) in [6.07, 6.45) is 2.46. The van der Waals surface area contributed by atoms with Crippen LogP contribution < -0.4 is 10.6 Å². The highest BCUT2D eigenvalue weighted by Gasteiger charge is 2.40. The quantitative estimate of drug-likeness (QED) is 0.273. The summed E-state index contributed by atoms with van der Waals surface area (Å²) in [4.78, 5) is 40.2. The summed E-state index contributed by atoms with van der Waals surface area (Å²) < 4.78 is 0. The Labute approximate surface area is 235 Å². The number of unbranched alkanes of at least 4 members (excludes halogenated alkanes) is 1. The highest BCUT2D eigenvalue weighted by Crippen LogP contribution is 2.24. The van der Waals surface area contributed by atoms with Gasteiger partial charge in [0.15, 0.2) is 0 Å². The number of carbonyl (C=O) groups excluding carboxylic acids is 3. The molecule has 1 aliphatic heterocycles. The van der Waals surface area contributed by atoms with Crippen molar-refractivity contribution in [3.63, 3.8) is 0 Å². The second-order valence-electron chi connectivity index (χ2n) is 10.5. The topological polar surface area (TPSA) is 78.5 Å². The molecule has 1 heterocycles. The molecule has 4 aromatic carbocycles. The van der Waals surface area contributed by atoms with E-state index in [9.17, 15) is 14.4 Å². The summed E-state index contributed by atoms with van der Waals surface area (Å²) in [5.74, 6) is -0.250. The van der Waals surface area contributed by atoms with Gasteiger partial charge in [-0.1, -0.05) is 97.1 Å². The third kappa shape index (κ3) is 6.57. The maximum absolute atomic E-state index is 13.9. The lowest BCUT2D eigenvalue weighted by Gasteiger charge is -2.39. The molecule has 0 aliphatic carbocycles. The molecule has 1 fully saturated rings. The minimum Gasteiger partial charge on any atom is -0.356 e. The van der Waals surface area contributed by atoms with E-state index >= 15 is 0 Å². The van der Waals surface area contributed by atoms with Gasteiger partial charge in [0.1, 0.15) is 12.1 Å². The molecule has 0 saturated carbocycles. The van der Waals surface area contributed by atoms with Crippen molar-refractivity contribution in [1.82, 2.24) is 15.5 Å². The molecular formula is C34H35N3O3. The number of nitrogens with one attached hydrogen (secondary N) is 2. The van der Waals surface area contributed by atoms with Crippen LogP contribution in [-0.2, 0) is 27.3 Å². The Morgan fingerprint density at radius 2 is 1.48 bits per heavy atom. The van der Waals surface area contributed by atoms with Crippen molar-refractivity contribution in [2.45, 2.75) is 51.2 Å². The lowest BCUT2D eigenvalue weighted by Crippen LogP contribution is -2.63. The molecule has 2 unspecified atom stereocenters. The third-order valence-corrected chi connectivity index (χ3v) is 7.52. The fourth-order valence-corrected chi connectivity index (χ4v) is 5.40.